The van der Waals surface area contributed by atoms with E-state index in [2.05, 4.69) is 10.6 Å². The monoisotopic (exact) mass is 385 g/mol. The van der Waals surface area contributed by atoms with Crippen LogP contribution in [0.3, 0.4) is 0 Å². The van der Waals surface area contributed by atoms with E-state index in [-0.39, 0.29) is 50.5 Å². The van der Waals surface area contributed by atoms with Gasteiger partial charge in [0.05, 0.1) is 39.0 Å². The van der Waals surface area contributed by atoms with Crippen LogP contribution < -0.4 is 10.6 Å². The van der Waals surface area contributed by atoms with Gasteiger partial charge in [-0.2, -0.15) is 0 Å². The summed E-state index contributed by atoms with van der Waals surface area (Å²) in [6, 6.07) is 0. The lowest BCUT2D eigenvalue weighted by Gasteiger charge is -2.14. The van der Waals surface area contributed by atoms with Crippen LogP contribution >= 0.6 is 0 Å². The van der Waals surface area contributed by atoms with Crippen LogP contribution in [-0.4, -0.2) is 85.8 Å². The van der Waals surface area contributed by atoms with Gasteiger partial charge in [-0.15, -0.1) is 0 Å². The lowest BCUT2D eigenvalue weighted by atomic mass is 10.2. The molecule has 10 heteroatoms. The highest BCUT2D eigenvalue weighted by molar-refractivity contribution is 6.13. The Morgan fingerprint density at radius 3 is 2.41 bits per heavy atom. The van der Waals surface area contributed by atoms with Crippen molar-refractivity contribution in [3.63, 3.8) is 0 Å². The number of hydrogen-bond donors (Lipinski definition) is 3. The van der Waals surface area contributed by atoms with Crippen LogP contribution in [-0.2, 0) is 28.7 Å². The molecule has 1 rings (SSSR count). The Labute approximate surface area is 157 Å². The number of ether oxygens (including phenoxy) is 2. The quantitative estimate of drug-likeness (QED) is 0.241. The average molecular weight is 385 g/mol. The standard InChI is InChI=1S/C17H27N3O7/c1-13(12-15(23)18-5-8-21)27-11-10-26-9-6-19-14(22)4-7-20-16(24)2-3-17(20)25/h2-3,13,21H,4-12H2,1H3,(H,18,23)(H,19,22)/t13-/m0/s1. The number of carbonyl (C=O) groups is 4. The molecular weight excluding hydrogens is 358 g/mol. The van der Waals surface area contributed by atoms with Crippen molar-refractivity contribution in [3.8, 4) is 0 Å². The third-order valence-electron chi connectivity index (χ3n) is 3.57. The van der Waals surface area contributed by atoms with E-state index >= 15 is 0 Å². The summed E-state index contributed by atoms with van der Waals surface area (Å²) >= 11 is 0. The van der Waals surface area contributed by atoms with Gasteiger partial charge in [0.1, 0.15) is 0 Å². The maximum absolute atomic E-state index is 11.7. The predicted molar refractivity (Wildman–Crippen MR) is 94.4 cm³/mol. The lowest BCUT2D eigenvalue weighted by molar-refractivity contribution is -0.137. The molecule has 0 radical (unpaired) electrons. The number of nitrogens with zero attached hydrogens (tertiary/aromatic N) is 1. The molecule has 1 heterocycles. The van der Waals surface area contributed by atoms with Gasteiger partial charge in [0, 0.05) is 38.2 Å². The van der Waals surface area contributed by atoms with E-state index in [4.69, 9.17) is 14.6 Å². The van der Waals surface area contributed by atoms with Crippen molar-refractivity contribution in [1.82, 2.24) is 15.5 Å². The van der Waals surface area contributed by atoms with Crippen LogP contribution in [0.1, 0.15) is 19.8 Å². The van der Waals surface area contributed by atoms with Crippen molar-refractivity contribution >= 4 is 23.6 Å². The minimum absolute atomic E-state index is 0.0398. The molecule has 0 aromatic rings. The zero-order valence-electron chi connectivity index (χ0n) is 15.4. The number of rotatable bonds is 14. The van der Waals surface area contributed by atoms with Gasteiger partial charge in [0.15, 0.2) is 0 Å². The largest absolute Gasteiger partial charge is 0.395 e. The third kappa shape index (κ3) is 9.83. The maximum atomic E-state index is 11.7. The first-order chi connectivity index (χ1) is 12.9. The molecule has 0 aromatic heterocycles. The van der Waals surface area contributed by atoms with Gasteiger partial charge in [-0.3, -0.25) is 24.1 Å². The molecule has 4 amide bonds. The smallest absolute Gasteiger partial charge is 0.253 e. The van der Waals surface area contributed by atoms with E-state index in [0.29, 0.717) is 26.4 Å². The van der Waals surface area contributed by atoms with Gasteiger partial charge in [0.2, 0.25) is 11.8 Å². The summed E-state index contributed by atoms with van der Waals surface area (Å²) < 4.78 is 10.7. The minimum atomic E-state index is -0.406. The number of carbonyl (C=O) groups excluding carboxylic acids is 4. The summed E-state index contributed by atoms with van der Waals surface area (Å²) in [6.07, 6.45) is 2.33. The fourth-order valence-corrected chi connectivity index (χ4v) is 2.21. The van der Waals surface area contributed by atoms with Crippen molar-refractivity contribution in [2.75, 3.05) is 46.1 Å². The van der Waals surface area contributed by atoms with Crippen LogP contribution in [0.4, 0.5) is 0 Å². The van der Waals surface area contributed by atoms with Gasteiger partial charge < -0.3 is 25.2 Å². The Balaban J connectivity index is 1.96. The molecular formula is C17H27N3O7. The van der Waals surface area contributed by atoms with E-state index in [0.717, 1.165) is 4.90 Å². The molecule has 1 aliphatic heterocycles. The lowest BCUT2D eigenvalue weighted by Crippen LogP contribution is -2.35. The van der Waals surface area contributed by atoms with Crippen molar-refractivity contribution in [1.29, 1.82) is 0 Å². The van der Waals surface area contributed by atoms with Gasteiger partial charge in [-0.25, -0.2) is 0 Å². The Morgan fingerprint density at radius 1 is 1.07 bits per heavy atom. The van der Waals surface area contributed by atoms with Gasteiger partial charge in [0.25, 0.3) is 11.8 Å². The van der Waals surface area contributed by atoms with Gasteiger partial charge >= 0.3 is 0 Å². The highest BCUT2D eigenvalue weighted by atomic mass is 16.5. The molecule has 1 atom stereocenters. The molecule has 27 heavy (non-hydrogen) atoms. The molecule has 0 bridgehead atoms. The Kier molecular flexibility index (Phi) is 10.9. The molecule has 152 valence electrons. The van der Waals surface area contributed by atoms with Gasteiger partial charge in [-0.1, -0.05) is 0 Å². The number of hydrogen-bond acceptors (Lipinski definition) is 7. The molecule has 0 aromatic carbocycles. The van der Waals surface area contributed by atoms with Crippen LogP contribution in [0.2, 0.25) is 0 Å². The molecule has 3 N–H and O–H groups in total. The Bertz CT molecular complexity index is 533. The van der Waals surface area contributed by atoms with Crippen molar-refractivity contribution in [3.05, 3.63) is 12.2 Å². The van der Waals surface area contributed by atoms with Crippen molar-refractivity contribution in [2.24, 2.45) is 0 Å². The summed E-state index contributed by atoms with van der Waals surface area (Å²) in [5.74, 6) is -1.27. The molecule has 1 aliphatic rings. The molecule has 10 nitrogen and oxygen atoms in total. The fourth-order valence-electron chi connectivity index (χ4n) is 2.21. The number of nitrogens with one attached hydrogen (secondary N) is 2. The van der Waals surface area contributed by atoms with E-state index in [9.17, 15) is 19.2 Å². The maximum Gasteiger partial charge on any atom is 0.253 e. The fraction of sp³-hybridized carbons (Fsp3) is 0.647. The topological polar surface area (TPSA) is 134 Å². The summed E-state index contributed by atoms with van der Waals surface area (Å²) in [7, 11) is 0. The molecule has 0 aliphatic carbocycles. The Hall–Kier alpha value is -2.30. The number of aliphatic hydroxyl groups is 1. The van der Waals surface area contributed by atoms with Crippen LogP contribution in [0.25, 0.3) is 0 Å². The SMILES string of the molecule is C[C@@H](CC(=O)NCCO)OCCOCCNC(=O)CCN1C(=O)C=CC1=O. The van der Waals surface area contributed by atoms with Gasteiger partial charge in [-0.05, 0) is 6.92 Å². The predicted octanol–water partition coefficient (Wildman–Crippen LogP) is -1.66. The Morgan fingerprint density at radius 2 is 1.74 bits per heavy atom. The second-order valence-corrected chi connectivity index (χ2v) is 5.83. The second-order valence-electron chi connectivity index (χ2n) is 5.83. The van der Waals surface area contributed by atoms with E-state index in [1.807, 2.05) is 0 Å². The first-order valence-electron chi connectivity index (χ1n) is 8.81. The number of amides is 4. The normalized spacial score (nSPS) is 14.5. The van der Waals surface area contributed by atoms with E-state index < -0.39 is 11.8 Å². The highest BCUT2D eigenvalue weighted by Gasteiger charge is 2.23. The highest BCUT2D eigenvalue weighted by Crippen LogP contribution is 2.03. The summed E-state index contributed by atoms with van der Waals surface area (Å²) in [5, 5.41) is 13.8. The third-order valence-corrected chi connectivity index (χ3v) is 3.57. The first kappa shape index (κ1) is 22.7. The zero-order valence-corrected chi connectivity index (χ0v) is 15.4. The van der Waals surface area contributed by atoms with Crippen molar-refractivity contribution in [2.45, 2.75) is 25.9 Å². The average Bonchev–Trinajstić information content (AvgIpc) is 2.95. The molecule has 0 unspecified atom stereocenters. The number of aliphatic hydroxyl groups excluding tert-OH is 1. The molecule has 0 saturated heterocycles. The molecule has 0 saturated carbocycles. The summed E-state index contributed by atoms with van der Waals surface area (Å²) in [5.41, 5.74) is 0. The first-order valence-corrected chi connectivity index (χ1v) is 8.81. The molecule has 0 spiro atoms. The minimum Gasteiger partial charge on any atom is -0.395 e. The van der Waals surface area contributed by atoms with Crippen LogP contribution in [0.15, 0.2) is 12.2 Å². The molecule has 0 fully saturated rings. The van der Waals surface area contributed by atoms with Crippen LogP contribution in [0, 0.1) is 0 Å². The second kappa shape index (κ2) is 13.0. The summed E-state index contributed by atoms with van der Waals surface area (Å²) in [4.78, 5) is 46.7. The number of imide groups is 1. The van der Waals surface area contributed by atoms with Crippen molar-refractivity contribution < 1.29 is 33.8 Å². The van der Waals surface area contributed by atoms with E-state index in [1.54, 1.807) is 6.92 Å². The van der Waals surface area contributed by atoms with E-state index in [1.165, 1.54) is 12.2 Å². The summed E-state index contributed by atoms with van der Waals surface area (Å²) in [6.45, 7) is 3.18. The van der Waals surface area contributed by atoms with Crippen LogP contribution in [0.5, 0.6) is 0 Å². The zero-order chi connectivity index (χ0) is 20.1.